The Morgan fingerprint density at radius 1 is 1.25 bits per heavy atom. The van der Waals surface area contributed by atoms with Gasteiger partial charge in [0.05, 0.1) is 13.2 Å². The van der Waals surface area contributed by atoms with Crippen LogP contribution in [0.3, 0.4) is 0 Å². The van der Waals surface area contributed by atoms with E-state index in [9.17, 15) is 9.36 Å². The zero-order valence-corrected chi connectivity index (χ0v) is 10.2. The van der Waals surface area contributed by atoms with Crippen LogP contribution < -0.4 is 5.63 Å². The molecule has 1 rings (SSSR count). The van der Waals surface area contributed by atoms with E-state index in [1.807, 2.05) is 0 Å². The van der Waals surface area contributed by atoms with Gasteiger partial charge < -0.3 is 13.5 Å². The highest BCUT2D eigenvalue weighted by Gasteiger charge is 2.25. The maximum Gasteiger partial charge on any atom is 0.338 e. The molecule has 0 bridgehead atoms. The predicted molar refractivity (Wildman–Crippen MR) is 59.5 cm³/mol. The summed E-state index contributed by atoms with van der Waals surface area (Å²) in [5, 5.41) is 0. The molecule has 0 aliphatic rings. The molecule has 0 atom stereocenters. The molecule has 6 heteroatoms. The van der Waals surface area contributed by atoms with Crippen LogP contribution >= 0.6 is 7.60 Å². The third kappa shape index (κ3) is 3.93. The minimum atomic E-state index is -3.19. The monoisotopic (exact) mass is 246 g/mol. The van der Waals surface area contributed by atoms with Crippen molar-refractivity contribution in [2.24, 2.45) is 0 Å². The summed E-state index contributed by atoms with van der Waals surface area (Å²) in [5.74, 6) is 0.303. The Labute approximate surface area is 93.9 Å². The van der Waals surface area contributed by atoms with Gasteiger partial charge in [-0.25, -0.2) is 4.79 Å². The van der Waals surface area contributed by atoms with E-state index in [0.717, 1.165) is 0 Å². The molecule has 16 heavy (non-hydrogen) atoms. The van der Waals surface area contributed by atoms with Gasteiger partial charge in [-0.2, -0.15) is 0 Å². The normalized spacial score (nSPS) is 11.6. The highest BCUT2D eigenvalue weighted by Crippen LogP contribution is 2.50. The fraction of sp³-hybridized carbons (Fsp3) is 0.500. The summed E-state index contributed by atoms with van der Waals surface area (Å²) in [4.78, 5) is 11.0. The van der Waals surface area contributed by atoms with Gasteiger partial charge in [0.2, 0.25) is 0 Å². The maximum atomic E-state index is 12.1. The van der Waals surface area contributed by atoms with Crippen LogP contribution in [-0.4, -0.2) is 13.2 Å². The molecule has 0 amide bonds. The molecule has 1 heterocycles. The van der Waals surface area contributed by atoms with Crippen LogP contribution in [-0.2, 0) is 19.8 Å². The first-order chi connectivity index (χ1) is 7.59. The van der Waals surface area contributed by atoms with E-state index in [1.165, 1.54) is 6.07 Å². The quantitative estimate of drug-likeness (QED) is 0.721. The molecule has 5 nitrogen and oxygen atoms in total. The molecule has 0 aliphatic carbocycles. The van der Waals surface area contributed by atoms with E-state index in [1.54, 1.807) is 26.0 Å². The van der Waals surface area contributed by atoms with E-state index < -0.39 is 13.2 Å². The van der Waals surface area contributed by atoms with Crippen LogP contribution in [0.25, 0.3) is 0 Å². The van der Waals surface area contributed by atoms with Crippen LogP contribution in [0.5, 0.6) is 0 Å². The molecule has 1 aromatic heterocycles. The molecule has 0 N–H and O–H groups in total. The molecule has 0 radical (unpaired) electrons. The molecule has 0 saturated carbocycles. The lowest BCUT2D eigenvalue weighted by Crippen LogP contribution is -2.02. The molecular weight excluding hydrogens is 231 g/mol. The standard InChI is InChI=1S/C10H15O5P/c1-3-13-16(12,14-4-2)8-9-6-5-7-10(11)15-9/h5-7H,3-4,8H2,1-2H3. The first kappa shape index (κ1) is 13.2. The van der Waals surface area contributed by atoms with Crippen molar-refractivity contribution in [1.29, 1.82) is 0 Å². The van der Waals surface area contributed by atoms with Crippen molar-refractivity contribution in [2.75, 3.05) is 13.2 Å². The highest BCUT2D eigenvalue weighted by atomic mass is 31.2. The van der Waals surface area contributed by atoms with Crippen molar-refractivity contribution in [3.63, 3.8) is 0 Å². The fourth-order valence-corrected chi connectivity index (χ4v) is 2.82. The number of hydrogen-bond acceptors (Lipinski definition) is 5. The van der Waals surface area contributed by atoms with Gasteiger partial charge in [-0.15, -0.1) is 0 Å². The average molecular weight is 246 g/mol. The number of hydrogen-bond donors (Lipinski definition) is 0. The molecule has 0 spiro atoms. The molecule has 0 aliphatic heterocycles. The van der Waals surface area contributed by atoms with Crippen molar-refractivity contribution in [1.82, 2.24) is 0 Å². The van der Waals surface area contributed by atoms with Gasteiger partial charge in [0.25, 0.3) is 0 Å². The Balaban J connectivity index is 2.83. The van der Waals surface area contributed by atoms with Gasteiger partial charge in [0.15, 0.2) is 0 Å². The van der Waals surface area contributed by atoms with E-state index in [0.29, 0.717) is 5.76 Å². The fourth-order valence-electron chi connectivity index (χ4n) is 1.23. The lowest BCUT2D eigenvalue weighted by atomic mass is 10.4. The summed E-state index contributed by atoms with van der Waals surface area (Å²) in [6, 6.07) is 4.41. The van der Waals surface area contributed by atoms with Gasteiger partial charge in [-0.1, -0.05) is 6.07 Å². The average Bonchev–Trinajstić information content (AvgIpc) is 2.17. The summed E-state index contributed by atoms with van der Waals surface area (Å²) in [5.41, 5.74) is -0.475. The van der Waals surface area contributed by atoms with Crippen LogP contribution in [0.15, 0.2) is 27.4 Å². The smallest absolute Gasteiger partial charge is 0.338 e. The molecule has 0 saturated heterocycles. The van der Waals surface area contributed by atoms with Gasteiger partial charge in [0.1, 0.15) is 11.9 Å². The maximum absolute atomic E-state index is 12.1. The second kappa shape index (κ2) is 5.99. The van der Waals surface area contributed by atoms with E-state index in [4.69, 9.17) is 13.5 Å². The highest BCUT2D eigenvalue weighted by molar-refractivity contribution is 7.53. The Morgan fingerprint density at radius 2 is 1.88 bits per heavy atom. The van der Waals surface area contributed by atoms with Crippen molar-refractivity contribution in [3.05, 3.63) is 34.4 Å². The van der Waals surface area contributed by atoms with Crippen molar-refractivity contribution < 1.29 is 18.0 Å². The minimum Gasteiger partial charge on any atom is -0.427 e. The van der Waals surface area contributed by atoms with Crippen LogP contribution in [0.4, 0.5) is 0 Å². The summed E-state index contributed by atoms with van der Waals surface area (Å²) in [6.45, 7) is 4.03. The molecule has 0 aromatic carbocycles. The second-order valence-electron chi connectivity index (χ2n) is 3.02. The zero-order chi connectivity index (χ0) is 12.0. The van der Waals surface area contributed by atoms with E-state index >= 15 is 0 Å². The van der Waals surface area contributed by atoms with Gasteiger partial charge in [0, 0.05) is 6.07 Å². The Hall–Kier alpha value is -0.900. The number of rotatable bonds is 6. The first-order valence-corrected chi connectivity index (χ1v) is 6.79. The second-order valence-corrected chi connectivity index (χ2v) is 5.07. The van der Waals surface area contributed by atoms with Crippen LogP contribution in [0, 0.1) is 0 Å². The van der Waals surface area contributed by atoms with Crippen LogP contribution in [0.1, 0.15) is 19.6 Å². The molecule has 1 aromatic rings. The zero-order valence-electron chi connectivity index (χ0n) is 9.34. The summed E-state index contributed by atoms with van der Waals surface area (Å²) >= 11 is 0. The molecular formula is C10H15O5P. The van der Waals surface area contributed by atoms with Crippen molar-refractivity contribution in [2.45, 2.75) is 20.0 Å². The lowest BCUT2D eigenvalue weighted by Gasteiger charge is -2.15. The Morgan fingerprint density at radius 3 is 2.38 bits per heavy atom. The lowest BCUT2D eigenvalue weighted by molar-refractivity contribution is 0.217. The van der Waals surface area contributed by atoms with E-state index in [-0.39, 0.29) is 19.4 Å². The van der Waals surface area contributed by atoms with Crippen LogP contribution in [0.2, 0.25) is 0 Å². The summed E-state index contributed by atoms with van der Waals surface area (Å²) in [7, 11) is -3.19. The van der Waals surface area contributed by atoms with Gasteiger partial charge >= 0.3 is 13.2 Å². The largest absolute Gasteiger partial charge is 0.427 e. The summed E-state index contributed by atoms with van der Waals surface area (Å²) < 4.78 is 27.1. The van der Waals surface area contributed by atoms with E-state index in [2.05, 4.69) is 0 Å². The third-order valence-corrected chi connectivity index (χ3v) is 3.75. The minimum absolute atomic E-state index is 0.0231. The first-order valence-electron chi connectivity index (χ1n) is 5.07. The molecule has 90 valence electrons. The Kier molecular flexibility index (Phi) is 4.93. The van der Waals surface area contributed by atoms with Gasteiger partial charge in [-0.05, 0) is 19.9 Å². The predicted octanol–water partition coefficient (Wildman–Crippen LogP) is 2.41. The Bertz CT molecular complexity index is 415. The SMILES string of the molecule is CCOP(=O)(Cc1cccc(=O)o1)OCC. The van der Waals surface area contributed by atoms with Crippen molar-refractivity contribution >= 4 is 7.60 Å². The topological polar surface area (TPSA) is 65.7 Å². The summed E-state index contributed by atoms with van der Waals surface area (Å²) in [6.07, 6.45) is -0.0231. The van der Waals surface area contributed by atoms with Gasteiger partial charge in [-0.3, -0.25) is 4.57 Å². The third-order valence-electron chi connectivity index (χ3n) is 1.75. The van der Waals surface area contributed by atoms with Crippen molar-refractivity contribution in [3.8, 4) is 0 Å². The molecule has 0 fully saturated rings. The molecule has 0 unspecified atom stereocenters.